The largest absolute Gasteiger partial charge is 0.390 e. The van der Waals surface area contributed by atoms with Gasteiger partial charge in [0.15, 0.2) is 0 Å². The summed E-state index contributed by atoms with van der Waals surface area (Å²) in [6, 6.07) is 0.688. The second-order valence-corrected chi connectivity index (χ2v) is 5.12. The SMILES string of the molecule is OC1(CCC2CCCCN2)CCCC1. The van der Waals surface area contributed by atoms with E-state index in [2.05, 4.69) is 5.32 Å². The lowest BCUT2D eigenvalue weighted by Crippen LogP contribution is -2.36. The summed E-state index contributed by atoms with van der Waals surface area (Å²) >= 11 is 0. The van der Waals surface area contributed by atoms with Gasteiger partial charge >= 0.3 is 0 Å². The standard InChI is InChI=1S/C12H23NO/c14-12(7-2-3-8-12)9-6-11-5-1-4-10-13-11/h11,13-14H,1-10H2. The topological polar surface area (TPSA) is 32.3 Å². The Morgan fingerprint density at radius 1 is 1.14 bits per heavy atom. The minimum Gasteiger partial charge on any atom is -0.390 e. The first kappa shape index (κ1) is 10.4. The average molecular weight is 197 g/mol. The number of piperidine rings is 1. The molecule has 2 rings (SSSR count). The smallest absolute Gasteiger partial charge is 0.0648 e. The molecule has 0 radical (unpaired) electrons. The lowest BCUT2D eigenvalue weighted by Gasteiger charge is -2.28. The van der Waals surface area contributed by atoms with Gasteiger partial charge in [0.1, 0.15) is 0 Å². The molecule has 2 N–H and O–H groups in total. The van der Waals surface area contributed by atoms with Crippen LogP contribution in [-0.4, -0.2) is 23.3 Å². The molecule has 0 bridgehead atoms. The first-order valence-corrected chi connectivity index (χ1v) is 6.24. The van der Waals surface area contributed by atoms with Crippen molar-refractivity contribution in [2.24, 2.45) is 0 Å². The molecule has 14 heavy (non-hydrogen) atoms. The molecule has 1 atom stereocenters. The lowest BCUT2D eigenvalue weighted by atomic mass is 9.91. The fourth-order valence-corrected chi connectivity index (χ4v) is 2.90. The molecule has 0 aromatic heterocycles. The molecule has 0 aromatic rings. The zero-order valence-electron chi connectivity index (χ0n) is 9.10. The lowest BCUT2D eigenvalue weighted by molar-refractivity contribution is 0.0331. The first-order chi connectivity index (χ1) is 6.79. The van der Waals surface area contributed by atoms with Gasteiger partial charge in [-0.3, -0.25) is 0 Å². The quantitative estimate of drug-likeness (QED) is 0.727. The van der Waals surface area contributed by atoms with Gasteiger partial charge in [-0.2, -0.15) is 0 Å². The highest BCUT2D eigenvalue weighted by Crippen LogP contribution is 2.34. The summed E-state index contributed by atoms with van der Waals surface area (Å²) in [5, 5.41) is 13.7. The van der Waals surface area contributed by atoms with Gasteiger partial charge in [-0.1, -0.05) is 19.3 Å². The summed E-state index contributed by atoms with van der Waals surface area (Å²) in [5.41, 5.74) is -0.293. The molecular formula is C12H23NO. The first-order valence-electron chi connectivity index (χ1n) is 6.24. The van der Waals surface area contributed by atoms with E-state index in [1.54, 1.807) is 0 Å². The van der Waals surface area contributed by atoms with Crippen molar-refractivity contribution in [2.45, 2.75) is 69.4 Å². The third-order valence-electron chi connectivity index (χ3n) is 3.90. The van der Waals surface area contributed by atoms with Crippen molar-refractivity contribution in [2.75, 3.05) is 6.54 Å². The van der Waals surface area contributed by atoms with Gasteiger partial charge in [0.25, 0.3) is 0 Å². The molecule has 2 fully saturated rings. The molecule has 2 nitrogen and oxygen atoms in total. The zero-order chi connectivity index (χ0) is 9.86. The molecule has 0 spiro atoms. The Bertz CT molecular complexity index is 169. The maximum atomic E-state index is 10.2. The predicted octanol–water partition coefficient (Wildman–Crippen LogP) is 2.21. The molecular weight excluding hydrogens is 174 g/mol. The van der Waals surface area contributed by atoms with E-state index in [9.17, 15) is 5.11 Å². The number of nitrogens with one attached hydrogen (secondary N) is 1. The van der Waals surface area contributed by atoms with Gasteiger partial charge < -0.3 is 10.4 Å². The van der Waals surface area contributed by atoms with E-state index >= 15 is 0 Å². The van der Waals surface area contributed by atoms with Crippen LogP contribution >= 0.6 is 0 Å². The normalized spacial score (nSPS) is 31.9. The molecule has 1 aliphatic heterocycles. The maximum absolute atomic E-state index is 10.2. The summed E-state index contributed by atoms with van der Waals surface area (Å²) in [5.74, 6) is 0. The molecule has 2 aliphatic rings. The summed E-state index contributed by atoms with van der Waals surface area (Å²) in [6.07, 6.45) is 10.8. The highest BCUT2D eigenvalue weighted by Gasteiger charge is 2.31. The van der Waals surface area contributed by atoms with Gasteiger partial charge in [0.2, 0.25) is 0 Å². The Morgan fingerprint density at radius 2 is 1.93 bits per heavy atom. The van der Waals surface area contributed by atoms with Crippen LogP contribution in [0.4, 0.5) is 0 Å². The molecule has 0 aromatic carbocycles. The van der Waals surface area contributed by atoms with Crippen molar-refractivity contribution < 1.29 is 5.11 Å². The Morgan fingerprint density at radius 3 is 2.57 bits per heavy atom. The molecule has 1 heterocycles. The Labute approximate surface area is 87.1 Å². The van der Waals surface area contributed by atoms with Crippen LogP contribution in [0.2, 0.25) is 0 Å². The van der Waals surface area contributed by atoms with E-state index in [-0.39, 0.29) is 5.60 Å². The van der Waals surface area contributed by atoms with Crippen molar-refractivity contribution in [3.63, 3.8) is 0 Å². The molecule has 1 aliphatic carbocycles. The predicted molar refractivity (Wildman–Crippen MR) is 58.3 cm³/mol. The van der Waals surface area contributed by atoms with Crippen molar-refractivity contribution in [3.05, 3.63) is 0 Å². The summed E-state index contributed by atoms with van der Waals surface area (Å²) < 4.78 is 0. The maximum Gasteiger partial charge on any atom is 0.0648 e. The Kier molecular flexibility index (Phi) is 3.45. The summed E-state index contributed by atoms with van der Waals surface area (Å²) in [6.45, 7) is 1.18. The molecule has 1 unspecified atom stereocenters. The molecule has 1 saturated heterocycles. The van der Waals surface area contributed by atoms with Crippen LogP contribution in [0.25, 0.3) is 0 Å². The van der Waals surface area contributed by atoms with Crippen LogP contribution in [0.3, 0.4) is 0 Å². The molecule has 82 valence electrons. The fourth-order valence-electron chi connectivity index (χ4n) is 2.90. The van der Waals surface area contributed by atoms with E-state index in [1.165, 1.54) is 45.1 Å². The monoisotopic (exact) mass is 197 g/mol. The van der Waals surface area contributed by atoms with Crippen molar-refractivity contribution in [1.82, 2.24) is 5.32 Å². The minimum absolute atomic E-state index is 0.293. The summed E-state index contributed by atoms with van der Waals surface area (Å²) in [7, 11) is 0. The molecule has 0 amide bonds. The third-order valence-corrected chi connectivity index (χ3v) is 3.90. The van der Waals surface area contributed by atoms with Crippen LogP contribution in [0, 0.1) is 0 Å². The highest BCUT2D eigenvalue weighted by molar-refractivity contribution is 4.86. The second-order valence-electron chi connectivity index (χ2n) is 5.12. The fraction of sp³-hybridized carbons (Fsp3) is 1.00. The van der Waals surface area contributed by atoms with Gasteiger partial charge in [-0.15, -0.1) is 0 Å². The molecule has 1 saturated carbocycles. The number of hydrogen-bond acceptors (Lipinski definition) is 2. The Balaban J connectivity index is 1.70. The van der Waals surface area contributed by atoms with Crippen molar-refractivity contribution in [3.8, 4) is 0 Å². The van der Waals surface area contributed by atoms with E-state index in [1.807, 2.05) is 0 Å². The van der Waals surface area contributed by atoms with E-state index < -0.39 is 0 Å². The highest BCUT2D eigenvalue weighted by atomic mass is 16.3. The van der Waals surface area contributed by atoms with Crippen molar-refractivity contribution in [1.29, 1.82) is 0 Å². The average Bonchev–Trinajstić information content (AvgIpc) is 2.65. The number of aliphatic hydroxyl groups is 1. The number of rotatable bonds is 3. The van der Waals surface area contributed by atoms with E-state index in [0.29, 0.717) is 6.04 Å². The van der Waals surface area contributed by atoms with E-state index in [0.717, 1.165) is 19.3 Å². The van der Waals surface area contributed by atoms with Crippen LogP contribution in [-0.2, 0) is 0 Å². The van der Waals surface area contributed by atoms with Crippen LogP contribution in [0.5, 0.6) is 0 Å². The number of hydrogen-bond donors (Lipinski definition) is 2. The van der Waals surface area contributed by atoms with Crippen LogP contribution in [0.1, 0.15) is 57.8 Å². The van der Waals surface area contributed by atoms with Crippen molar-refractivity contribution >= 4 is 0 Å². The minimum atomic E-state index is -0.293. The second kappa shape index (κ2) is 4.63. The van der Waals surface area contributed by atoms with Gasteiger partial charge in [-0.05, 0) is 45.1 Å². The van der Waals surface area contributed by atoms with E-state index in [4.69, 9.17) is 0 Å². The van der Waals surface area contributed by atoms with Gasteiger partial charge in [-0.25, -0.2) is 0 Å². The van der Waals surface area contributed by atoms with Crippen LogP contribution < -0.4 is 5.32 Å². The molecule has 2 heteroatoms. The third kappa shape index (κ3) is 2.71. The Hall–Kier alpha value is -0.0800. The van der Waals surface area contributed by atoms with Gasteiger partial charge in [0.05, 0.1) is 5.60 Å². The zero-order valence-corrected chi connectivity index (χ0v) is 9.10. The summed E-state index contributed by atoms with van der Waals surface area (Å²) in [4.78, 5) is 0. The van der Waals surface area contributed by atoms with Crippen LogP contribution in [0.15, 0.2) is 0 Å². The van der Waals surface area contributed by atoms with Gasteiger partial charge in [0, 0.05) is 6.04 Å².